The van der Waals surface area contributed by atoms with Gasteiger partial charge < -0.3 is 5.21 Å². The molecule has 50 valence electrons. The average Bonchev–Trinajstić information content (AvgIpc) is 2.36. The van der Waals surface area contributed by atoms with Crippen LogP contribution in [0.15, 0.2) is 30.9 Å². The molecule has 0 saturated carbocycles. The van der Waals surface area contributed by atoms with Crippen molar-refractivity contribution in [3.63, 3.8) is 0 Å². The molecule has 2 heterocycles. The van der Waals surface area contributed by atoms with Crippen LogP contribution in [0.25, 0.3) is 5.78 Å². The van der Waals surface area contributed by atoms with E-state index in [1.807, 2.05) is 0 Å². The van der Waals surface area contributed by atoms with E-state index in [9.17, 15) is 5.21 Å². The number of aromatic nitrogens is 3. The average molecular weight is 135 g/mol. The van der Waals surface area contributed by atoms with Crippen molar-refractivity contribution in [3.05, 3.63) is 36.1 Å². The lowest BCUT2D eigenvalue weighted by molar-refractivity contribution is -0.583. The van der Waals surface area contributed by atoms with Gasteiger partial charge in [-0.25, -0.2) is 9.13 Å². The zero-order valence-corrected chi connectivity index (χ0v) is 5.14. The van der Waals surface area contributed by atoms with Crippen LogP contribution in [0.4, 0.5) is 0 Å². The molecule has 0 radical (unpaired) electrons. The summed E-state index contributed by atoms with van der Waals surface area (Å²) in [6.07, 6.45) is 6.51. The molecule has 4 heteroatoms. The van der Waals surface area contributed by atoms with Crippen molar-refractivity contribution in [2.24, 2.45) is 0 Å². The summed E-state index contributed by atoms with van der Waals surface area (Å²) in [7, 11) is 0. The molecule has 0 aliphatic rings. The summed E-state index contributed by atoms with van der Waals surface area (Å²) in [5, 5.41) is 10.9. The quantitative estimate of drug-likeness (QED) is 0.376. The highest BCUT2D eigenvalue weighted by Crippen LogP contribution is 1.90. The van der Waals surface area contributed by atoms with Crippen molar-refractivity contribution < 1.29 is 4.73 Å². The first-order valence-electron chi connectivity index (χ1n) is 2.89. The number of imidazole rings is 1. The summed E-state index contributed by atoms with van der Waals surface area (Å²) in [6, 6.07) is 1.67. The summed E-state index contributed by atoms with van der Waals surface area (Å²) in [4.78, 5) is 3.83. The molecule has 0 unspecified atom stereocenters. The molecular formula is C6H5N3O. The van der Waals surface area contributed by atoms with E-state index >= 15 is 0 Å². The maximum atomic E-state index is 10.9. The normalized spacial score (nSPS) is 10.4. The first-order valence-corrected chi connectivity index (χ1v) is 2.89. The van der Waals surface area contributed by atoms with Gasteiger partial charge in [-0.05, 0) is 0 Å². The molecule has 0 aliphatic heterocycles. The lowest BCUT2D eigenvalue weighted by Gasteiger charge is -1.99. The molecule has 2 aromatic heterocycles. The Morgan fingerprint density at radius 2 is 2.40 bits per heavy atom. The Morgan fingerprint density at radius 1 is 1.50 bits per heavy atom. The lowest BCUT2D eigenvalue weighted by atomic mass is 10.7. The van der Waals surface area contributed by atoms with Crippen molar-refractivity contribution in [1.82, 2.24) is 9.38 Å². The molecule has 0 spiro atoms. The van der Waals surface area contributed by atoms with Gasteiger partial charge in [-0.3, -0.25) is 0 Å². The monoisotopic (exact) mass is 135 g/mol. The van der Waals surface area contributed by atoms with E-state index in [4.69, 9.17) is 0 Å². The van der Waals surface area contributed by atoms with Gasteiger partial charge in [0.25, 0.3) is 0 Å². The smallest absolute Gasteiger partial charge is 0.403 e. The predicted octanol–water partition coefficient (Wildman–Crippen LogP) is -0.0323. The highest BCUT2D eigenvalue weighted by atomic mass is 16.5. The number of hydrogen-bond donors (Lipinski definition) is 0. The van der Waals surface area contributed by atoms with Crippen LogP contribution in [0.2, 0.25) is 0 Å². The first-order chi connectivity index (χ1) is 4.88. The summed E-state index contributed by atoms with van der Waals surface area (Å²) in [5.41, 5.74) is 0. The van der Waals surface area contributed by atoms with Gasteiger partial charge in [-0.2, -0.15) is 0 Å². The third kappa shape index (κ3) is 0.556. The largest absolute Gasteiger partial charge is 0.740 e. The number of rotatable bonds is 0. The maximum absolute atomic E-state index is 10.9. The molecule has 0 amide bonds. The minimum atomic E-state index is 0.405. The Labute approximate surface area is 56.9 Å². The Hall–Kier alpha value is -1.58. The van der Waals surface area contributed by atoms with Gasteiger partial charge >= 0.3 is 5.78 Å². The third-order valence-corrected chi connectivity index (χ3v) is 1.31. The minimum Gasteiger partial charge on any atom is -0.740 e. The maximum Gasteiger partial charge on any atom is 0.403 e. The predicted molar refractivity (Wildman–Crippen MR) is 34.2 cm³/mol. The summed E-state index contributed by atoms with van der Waals surface area (Å²) >= 11 is 0. The molecule has 0 aliphatic carbocycles. The van der Waals surface area contributed by atoms with E-state index in [2.05, 4.69) is 4.98 Å². The molecular weight excluding hydrogens is 130 g/mol. The van der Waals surface area contributed by atoms with E-state index in [0.717, 1.165) is 4.73 Å². The van der Waals surface area contributed by atoms with Crippen molar-refractivity contribution in [1.29, 1.82) is 0 Å². The summed E-state index contributed by atoms with van der Waals surface area (Å²) in [5.74, 6) is 0.405. The van der Waals surface area contributed by atoms with Crippen LogP contribution in [-0.2, 0) is 0 Å². The van der Waals surface area contributed by atoms with E-state index < -0.39 is 0 Å². The number of nitrogens with zero attached hydrogens (tertiary/aromatic N) is 3. The molecule has 10 heavy (non-hydrogen) atoms. The van der Waals surface area contributed by atoms with Crippen LogP contribution in [0, 0.1) is 5.21 Å². The highest BCUT2D eigenvalue weighted by Gasteiger charge is 2.00. The van der Waals surface area contributed by atoms with Crippen molar-refractivity contribution >= 4 is 5.78 Å². The summed E-state index contributed by atoms with van der Waals surface area (Å²) < 4.78 is 2.38. The molecule has 0 fully saturated rings. The van der Waals surface area contributed by atoms with Gasteiger partial charge in [-0.1, -0.05) is 4.98 Å². The van der Waals surface area contributed by atoms with E-state index in [1.165, 1.54) is 6.20 Å². The second kappa shape index (κ2) is 1.70. The van der Waals surface area contributed by atoms with Gasteiger partial charge in [0.15, 0.2) is 0 Å². The van der Waals surface area contributed by atoms with Gasteiger partial charge in [-0.15, -0.1) is 0 Å². The van der Waals surface area contributed by atoms with Gasteiger partial charge in [0.05, 0.1) is 12.4 Å². The fourth-order valence-electron chi connectivity index (χ4n) is 0.868. The highest BCUT2D eigenvalue weighted by molar-refractivity contribution is 5.18. The fourth-order valence-corrected chi connectivity index (χ4v) is 0.868. The van der Waals surface area contributed by atoms with E-state index in [1.54, 1.807) is 29.1 Å². The molecule has 0 bridgehead atoms. The molecule has 4 nitrogen and oxygen atoms in total. The Morgan fingerprint density at radius 3 is 3.20 bits per heavy atom. The molecule has 2 rings (SSSR count). The Balaban J connectivity index is 2.95. The minimum absolute atomic E-state index is 0.405. The van der Waals surface area contributed by atoms with Crippen molar-refractivity contribution in [3.8, 4) is 0 Å². The Kier molecular flexibility index (Phi) is 0.887. The molecule has 0 saturated heterocycles. The third-order valence-electron chi connectivity index (χ3n) is 1.31. The lowest BCUT2D eigenvalue weighted by Crippen LogP contribution is -2.27. The fraction of sp³-hybridized carbons (Fsp3) is 0. The van der Waals surface area contributed by atoms with Crippen LogP contribution in [0.5, 0.6) is 0 Å². The van der Waals surface area contributed by atoms with Crippen LogP contribution >= 0.6 is 0 Å². The van der Waals surface area contributed by atoms with Crippen LogP contribution < -0.4 is 4.73 Å². The van der Waals surface area contributed by atoms with Crippen LogP contribution in [0.1, 0.15) is 0 Å². The van der Waals surface area contributed by atoms with E-state index in [0.29, 0.717) is 5.78 Å². The summed E-state index contributed by atoms with van der Waals surface area (Å²) in [6.45, 7) is 0. The molecule has 0 atom stereocenters. The SMILES string of the molecule is [O-][n+]1cccn2ccnc21. The van der Waals surface area contributed by atoms with Crippen molar-refractivity contribution in [2.75, 3.05) is 0 Å². The standard InChI is InChI=1S/C6H5N3O/c10-9-4-1-3-8-5-2-7-6(8)9/h1-5H. The second-order valence-corrected chi connectivity index (χ2v) is 1.95. The van der Waals surface area contributed by atoms with Gasteiger partial charge in [0.2, 0.25) is 0 Å². The second-order valence-electron chi connectivity index (χ2n) is 1.95. The molecule has 2 aromatic rings. The van der Waals surface area contributed by atoms with E-state index in [-0.39, 0.29) is 0 Å². The van der Waals surface area contributed by atoms with Crippen LogP contribution in [0.3, 0.4) is 0 Å². The zero-order chi connectivity index (χ0) is 6.97. The van der Waals surface area contributed by atoms with Crippen molar-refractivity contribution in [2.45, 2.75) is 0 Å². The number of hydrogen-bond acceptors (Lipinski definition) is 2. The topological polar surface area (TPSA) is 44.2 Å². The molecule has 0 N–H and O–H groups in total. The van der Waals surface area contributed by atoms with Crippen LogP contribution in [-0.4, -0.2) is 9.38 Å². The van der Waals surface area contributed by atoms with Gasteiger partial charge in [0.1, 0.15) is 12.4 Å². The Bertz CT molecular complexity index is 355. The van der Waals surface area contributed by atoms with Gasteiger partial charge in [0, 0.05) is 6.07 Å². The first kappa shape index (κ1) is 5.22. The zero-order valence-electron chi connectivity index (χ0n) is 5.14. The molecule has 0 aromatic carbocycles. The number of fused-ring (bicyclic) bond motifs is 1.